The summed E-state index contributed by atoms with van der Waals surface area (Å²) in [5, 5.41) is 4.26. The Morgan fingerprint density at radius 2 is 1.94 bits per heavy atom. The first-order valence-corrected chi connectivity index (χ1v) is 13.5. The van der Waals surface area contributed by atoms with Gasteiger partial charge in [0, 0.05) is 30.1 Å². The number of hydrogen-bond acceptors (Lipinski definition) is 5. The van der Waals surface area contributed by atoms with Crippen LogP contribution in [0, 0.1) is 11.6 Å². The van der Waals surface area contributed by atoms with Gasteiger partial charge >= 0.3 is 0 Å². The number of fused-ring (bicyclic) bond motifs is 1. The van der Waals surface area contributed by atoms with Gasteiger partial charge in [0.1, 0.15) is 17.2 Å². The quantitative estimate of drug-likeness (QED) is 0.536. The summed E-state index contributed by atoms with van der Waals surface area (Å²) in [4.78, 5) is 19.4. The predicted octanol–water partition coefficient (Wildman–Crippen LogP) is 4.19. The van der Waals surface area contributed by atoms with E-state index in [-0.39, 0.29) is 45.9 Å². The molecule has 7 nitrogen and oxygen atoms in total. The van der Waals surface area contributed by atoms with Gasteiger partial charge in [-0.3, -0.25) is 4.79 Å². The molecule has 34 heavy (non-hydrogen) atoms. The lowest BCUT2D eigenvalue weighted by molar-refractivity contribution is 0.0691. The summed E-state index contributed by atoms with van der Waals surface area (Å²) < 4.78 is 54.6. The molecule has 0 spiro atoms. The Balaban J connectivity index is 1.77. The van der Waals surface area contributed by atoms with Crippen molar-refractivity contribution >= 4 is 21.4 Å². The van der Waals surface area contributed by atoms with Crippen molar-refractivity contribution in [1.29, 1.82) is 0 Å². The number of rotatable bonds is 5. The van der Waals surface area contributed by atoms with Crippen molar-refractivity contribution in [3.8, 4) is 11.3 Å². The molecule has 4 rings (SSSR count). The molecule has 1 aromatic carbocycles. The third-order valence-electron chi connectivity index (χ3n) is 6.22. The molecule has 0 saturated carbocycles. The highest BCUT2D eigenvalue weighted by molar-refractivity contribution is 7.89. The maximum atomic E-state index is 15.5. The number of nitrogens with zero attached hydrogens (tertiary/aromatic N) is 4. The molecule has 1 fully saturated rings. The number of aromatic nitrogens is 3. The number of halogens is 2. The normalized spacial score (nSPS) is 17.2. The molecule has 1 aliphatic rings. The number of aryl methyl sites for hydroxylation is 1. The Labute approximate surface area is 197 Å². The van der Waals surface area contributed by atoms with Crippen LogP contribution in [0.15, 0.2) is 24.3 Å². The summed E-state index contributed by atoms with van der Waals surface area (Å²) in [6.45, 7) is 4.50. The number of carbonyl (C=O) groups excluding carboxylic acids is 1. The molecule has 1 amide bonds. The molecule has 0 N–H and O–H groups in total. The number of hydrogen-bond donors (Lipinski definition) is 0. The van der Waals surface area contributed by atoms with Crippen LogP contribution in [-0.2, 0) is 22.0 Å². The van der Waals surface area contributed by atoms with Gasteiger partial charge < -0.3 is 4.90 Å². The molecule has 182 valence electrons. The standard InChI is InChI=1S/C24H28F2N4O3S/c1-4-17-13-20(24(31)29-11-7-5-6-8-15(29)2)27-23-21(26)22(28-30(17)23)18-10-9-16(12-19(18)25)14-34(3,32)33/h9-10,12-13,15H,4-8,11,14H2,1-3H3. The monoisotopic (exact) mass is 490 g/mol. The summed E-state index contributed by atoms with van der Waals surface area (Å²) in [5.74, 6) is -2.18. The Kier molecular flexibility index (Phi) is 6.71. The molecule has 3 aromatic rings. The van der Waals surface area contributed by atoms with Crippen molar-refractivity contribution in [2.45, 2.75) is 57.7 Å². The molecule has 1 atom stereocenters. The Hall–Kier alpha value is -2.88. The molecular weight excluding hydrogens is 462 g/mol. The zero-order valence-electron chi connectivity index (χ0n) is 19.5. The van der Waals surface area contributed by atoms with E-state index in [4.69, 9.17) is 0 Å². The second kappa shape index (κ2) is 9.40. The molecular formula is C24H28F2N4O3S. The summed E-state index contributed by atoms with van der Waals surface area (Å²) in [6, 6.07) is 5.52. The molecule has 3 heterocycles. The van der Waals surface area contributed by atoms with E-state index in [1.165, 1.54) is 16.6 Å². The first kappa shape index (κ1) is 24.3. The minimum atomic E-state index is -3.34. The van der Waals surface area contributed by atoms with Crippen LogP contribution >= 0.6 is 0 Å². The van der Waals surface area contributed by atoms with Crippen molar-refractivity contribution in [3.05, 3.63) is 52.9 Å². The lowest BCUT2D eigenvalue weighted by Crippen LogP contribution is -2.38. The van der Waals surface area contributed by atoms with Gasteiger partial charge in [-0.1, -0.05) is 25.8 Å². The lowest BCUT2D eigenvalue weighted by atomic mass is 10.1. The maximum absolute atomic E-state index is 15.5. The van der Waals surface area contributed by atoms with Crippen molar-refractivity contribution in [2.75, 3.05) is 12.8 Å². The summed E-state index contributed by atoms with van der Waals surface area (Å²) >= 11 is 0. The van der Waals surface area contributed by atoms with Crippen LogP contribution in [0.25, 0.3) is 16.9 Å². The SMILES string of the molecule is CCc1cc(C(=O)N2CCCCCC2C)nc2c(F)c(-c3ccc(CS(C)(=O)=O)cc3F)nn12. The van der Waals surface area contributed by atoms with Gasteiger partial charge in [0.05, 0.1) is 5.75 Å². The molecule has 0 aliphatic carbocycles. The third kappa shape index (κ3) is 4.82. The van der Waals surface area contributed by atoms with E-state index in [0.717, 1.165) is 38.0 Å². The van der Waals surface area contributed by atoms with Crippen LogP contribution in [0.4, 0.5) is 8.78 Å². The highest BCUT2D eigenvalue weighted by Gasteiger charge is 2.27. The minimum Gasteiger partial charge on any atom is -0.335 e. The smallest absolute Gasteiger partial charge is 0.272 e. The fourth-order valence-corrected chi connectivity index (χ4v) is 5.24. The number of sulfone groups is 1. The van der Waals surface area contributed by atoms with E-state index < -0.39 is 21.5 Å². The Morgan fingerprint density at radius 3 is 2.62 bits per heavy atom. The third-order valence-corrected chi connectivity index (χ3v) is 7.08. The Bertz CT molecular complexity index is 1350. The fraction of sp³-hybridized carbons (Fsp3) is 0.458. The zero-order chi connectivity index (χ0) is 24.6. The summed E-state index contributed by atoms with van der Waals surface area (Å²) in [5.41, 5.74) is 0.511. The van der Waals surface area contributed by atoms with Gasteiger partial charge in [-0.15, -0.1) is 0 Å². The molecule has 1 unspecified atom stereocenters. The van der Waals surface area contributed by atoms with E-state index >= 15 is 4.39 Å². The van der Waals surface area contributed by atoms with Crippen LogP contribution in [0.3, 0.4) is 0 Å². The molecule has 0 radical (unpaired) electrons. The maximum Gasteiger partial charge on any atom is 0.272 e. The van der Waals surface area contributed by atoms with Crippen LogP contribution in [0.2, 0.25) is 0 Å². The zero-order valence-corrected chi connectivity index (χ0v) is 20.3. The summed E-state index contributed by atoms with van der Waals surface area (Å²) in [6.07, 6.45) is 5.48. The fourth-order valence-electron chi connectivity index (χ4n) is 4.45. The summed E-state index contributed by atoms with van der Waals surface area (Å²) in [7, 11) is -3.34. The average molecular weight is 491 g/mol. The Morgan fingerprint density at radius 1 is 1.18 bits per heavy atom. The van der Waals surface area contributed by atoms with Gasteiger partial charge in [-0.05, 0) is 49.9 Å². The average Bonchev–Trinajstić information content (AvgIpc) is 2.95. The number of carbonyl (C=O) groups is 1. The molecule has 1 aliphatic heterocycles. The van der Waals surface area contributed by atoms with Crippen LogP contribution in [0.1, 0.15) is 61.3 Å². The van der Waals surface area contributed by atoms with Gasteiger partial charge in [0.25, 0.3) is 5.91 Å². The van der Waals surface area contributed by atoms with Crippen molar-refractivity contribution in [2.24, 2.45) is 0 Å². The van der Waals surface area contributed by atoms with E-state index in [0.29, 0.717) is 18.7 Å². The highest BCUT2D eigenvalue weighted by atomic mass is 32.2. The highest BCUT2D eigenvalue weighted by Crippen LogP contribution is 2.29. The topological polar surface area (TPSA) is 84.6 Å². The van der Waals surface area contributed by atoms with E-state index in [1.54, 1.807) is 11.0 Å². The van der Waals surface area contributed by atoms with Crippen molar-refractivity contribution < 1.29 is 22.0 Å². The van der Waals surface area contributed by atoms with Gasteiger partial charge in [0.15, 0.2) is 21.3 Å². The molecule has 2 aromatic heterocycles. The van der Waals surface area contributed by atoms with Crippen LogP contribution < -0.4 is 0 Å². The van der Waals surface area contributed by atoms with Crippen molar-refractivity contribution in [3.63, 3.8) is 0 Å². The number of benzene rings is 1. The van der Waals surface area contributed by atoms with E-state index in [1.807, 2.05) is 13.8 Å². The predicted molar refractivity (Wildman–Crippen MR) is 125 cm³/mol. The molecule has 10 heteroatoms. The molecule has 1 saturated heterocycles. The van der Waals surface area contributed by atoms with E-state index in [2.05, 4.69) is 10.1 Å². The largest absolute Gasteiger partial charge is 0.335 e. The first-order valence-electron chi connectivity index (χ1n) is 11.4. The van der Waals surface area contributed by atoms with E-state index in [9.17, 15) is 17.6 Å². The second-order valence-electron chi connectivity index (χ2n) is 8.97. The minimum absolute atomic E-state index is 0.0722. The van der Waals surface area contributed by atoms with Gasteiger partial charge in [-0.25, -0.2) is 26.7 Å². The first-order chi connectivity index (χ1) is 16.1. The van der Waals surface area contributed by atoms with Gasteiger partial charge in [0.2, 0.25) is 0 Å². The molecule has 0 bridgehead atoms. The number of amides is 1. The van der Waals surface area contributed by atoms with Crippen molar-refractivity contribution in [1.82, 2.24) is 19.5 Å². The van der Waals surface area contributed by atoms with Crippen LogP contribution in [0.5, 0.6) is 0 Å². The van der Waals surface area contributed by atoms with Gasteiger partial charge in [-0.2, -0.15) is 5.10 Å². The second-order valence-corrected chi connectivity index (χ2v) is 11.1. The number of likely N-dealkylation sites (tertiary alicyclic amines) is 1. The lowest BCUT2D eigenvalue weighted by Gasteiger charge is -2.27. The van der Waals surface area contributed by atoms with Crippen LogP contribution in [-0.4, -0.2) is 52.7 Å².